The summed E-state index contributed by atoms with van der Waals surface area (Å²) >= 11 is 0. The Labute approximate surface area is 106 Å². The lowest BCUT2D eigenvalue weighted by Crippen LogP contribution is -2.26. The van der Waals surface area contributed by atoms with E-state index in [2.05, 4.69) is 5.48 Å². The molecule has 1 aromatic carbocycles. The Hall–Kier alpha value is -1.75. The van der Waals surface area contributed by atoms with Crippen LogP contribution in [0.5, 0.6) is 11.5 Å². The van der Waals surface area contributed by atoms with Crippen molar-refractivity contribution < 1.29 is 19.1 Å². The summed E-state index contributed by atoms with van der Waals surface area (Å²) in [6.07, 6.45) is 0. The number of rotatable bonds is 4. The number of nitrogens with one attached hydrogen (secondary N) is 1. The maximum Gasteiger partial charge on any atom is 0.274 e. The van der Waals surface area contributed by atoms with Crippen molar-refractivity contribution in [3.05, 3.63) is 23.8 Å². The number of carbonyl (C=O) groups excluding carboxylic acids is 1. The second-order valence-corrected chi connectivity index (χ2v) is 4.49. The minimum atomic E-state index is -0.285. The molecule has 0 aromatic heterocycles. The van der Waals surface area contributed by atoms with Crippen LogP contribution in [0.15, 0.2) is 18.2 Å². The van der Waals surface area contributed by atoms with E-state index in [4.69, 9.17) is 14.3 Å². The first-order chi connectivity index (χ1) is 8.66. The second kappa shape index (κ2) is 5.73. The average molecular weight is 251 g/mol. The summed E-state index contributed by atoms with van der Waals surface area (Å²) in [6, 6.07) is 5.07. The van der Waals surface area contributed by atoms with Crippen LogP contribution >= 0.6 is 0 Å². The Balaban J connectivity index is 1.98. The van der Waals surface area contributed by atoms with Crippen molar-refractivity contribution in [2.24, 2.45) is 5.92 Å². The molecule has 0 atom stereocenters. The minimum absolute atomic E-state index is 0.285. The van der Waals surface area contributed by atoms with Gasteiger partial charge in [0.05, 0.1) is 6.61 Å². The largest absolute Gasteiger partial charge is 0.486 e. The molecule has 0 unspecified atom stereocenters. The fraction of sp³-hybridized carbons (Fsp3) is 0.462. The van der Waals surface area contributed by atoms with Gasteiger partial charge in [-0.1, -0.05) is 13.8 Å². The van der Waals surface area contributed by atoms with Gasteiger partial charge in [0.25, 0.3) is 5.91 Å². The first-order valence-corrected chi connectivity index (χ1v) is 5.98. The lowest BCUT2D eigenvalue weighted by Gasteiger charge is -2.18. The third-order valence-corrected chi connectivity index (χ3v) is 2.39. The molecule has 5 nitrogen and oxygen atoms in total. The van der Waals surface area contributed by atoms with Crippen LogP contribution in [0.2, 0.25) is 0 Å². The van der Waals surface area contributed by atoms with Gasteiger partial charge in [0.2, 0.25) is 0 Å². The highest BCUT2D eigenvalue weighted by molar-refractivity contribution is 5.94. The summed E-state index contributed by atoms with van der Waals surface area (Å²) in [5.41, 5.74) is 2.89. The van der Waals surface area contributed by atoms with Crippen LogP contribution in [-0.4, -0.2) is 25.7 Å². The molecule has 1 amide bonds. The quantitative estimate of drug-likeness (QED) is 0.829. The molecule has 5 heteroatoms. The van der Waals surface area contributed by atoms with Crippen LogP contribution in [0.3, 0.4) is 0 Å². The molecule has 2 rings (SSSR count). The average Bonchev–Trinajstić information content (AvgIpc) is 2.37. The summed E-state index contributed by atoms with van der Waals surface area (Å²) in [7, 11) is 0. The Morgan fingerprint density at radius 2 is 2.06 bits per heavy atom. The van der Waals surface area contributed by atoms with Crippen LogP contribution in [0.1, 0.15) is 24.2 Å². The van der Waals surface area contributed by atoms with E-state index in [0.29, 0.717) is 42.8 Å². The summed E-state index contributed by atoms with van der Waals surface area (Å²) < 4.78 is 10.8. The SMILES string of the molecule is CC(C)CONC(=O)c1ccc2c(c1)OCCO2. The van der Waals surface area contributed by atoms with E-state index in [1.54, 1.807) is 18.2 Å². The molecule has 18 heavy (non-hydrogen) atoms. The van der Waals surface area contributed by atoms with E-state index >= 15 is 0 Å². The Kier molecular flexibility index (Phi) is 4.04. The zero-order chi connectivity index (χ0) is 13.0. The standard InChI is InChI=1S/C13H17NO4/c1-9(2)8-18-14-13(15)10-3-4-11-12(7-10)17-6-5-16-11/h3-4,7,9H,5-6,8H2,1-2H3,(H,14,15). The molecular formula is C13H17NO4. The van der Waals surface area contributed by atoms with Gasteiger partial charge in [-0.15, -0.1) is 0 Å². The minimum Gasteiger partial charge on any atom is -0.486 e. The first kappa shape index (κ1) is 12.7. The zero-order valence-electron chi connectivity index (χ0n) is 10.6. The van der Waals surface area contributed by atoms with Crippen LogP contribution in [0, 0.1) is 5.92 Å². The van der Waals surface area contributed by atoms with Crippen molar-refractivity contribution in [1.82, 2.24) is 5.48 Å². The fourth-order valence-electron chi connectivity index (χ4n) is 1.52. The molecule has 1 heterocycles. The van der Waals surface area contributed by atoms with Crippen molar-refractivity contribution in [2.75, 3.05) is 19.8 Å². The van der Waals surface area contributed by atoms with E-state index < -0.39 is 0 Å². The van der Waals surface area contributed by atoms with Crippen molar-refractivity contribution in [2.45, 2.75) is 13.8 Å². The topological polar surface area (TPSA) is 56.8 Å². The molecule has 0 saturated carbocycles. The van der Waals surface area contributed by atoms with Gasteiger partial charge in [0, 0.05) is 5.56 Å². The van der Waals surface area contributed by atoms with Gasteiger partial charge in [0.1, 0.15) is 13.2 Å². The lowest BCUT2D eigenvalue weighted by molar-refractivity contribution is 0.0208. The number of fused-ring (bicyclic) bond motifs is 1. The first-order valence-electron chi connectivity index (χ1n) is 5.98. The third-order valence-electron chi connectivity index (χ3n) is 2.39. The van der Waals surface area contributed by atoms with Crippen molar-refractivity contribution in [3.8, 4) is 11.5 Å². The van der Waals surface area contributed by atoms with Gasteiger partial charge in [0.15, 0.2) is 11.5 Å². The number of ether oxygens (including phenoxy) is 2. The third kappa shape index (κ3) is 3.13. The van der Waals surface area contributed by atoms with Crippen LogP contribution < -0.4 is 15.0 Å². The molecule has 0 spiro atoms. The monoisotopic (exact) mass is 251 g/mol. The Morgan fingerprint density at radius 3 is 2.78 bits per heavy atom. The Bertz CT molecular complexity index is 431. The molecule has 0 radical (unpaired) electrons. The number of carbonyl (C=O) groups is 1. The summed E-state index contributed by atoms with van der Waals surface area (Å²) in [5, 5.41) is 0. The van der Waals surface area contributed by atoms with E-state index in [1.807, 2.05) is 13.8 Å². The van der Waals surface area contributed by atoms with E-state index in [-0.39, 0.29) is 5.91 Å². The van der Waals surface area contributed by atoms with E-state index in [1.165, 1.54) is 0 Å². The molecule has 0 fully saturated rings. The molecule has 98 valence electrons. The summed E-state index contributed by atoms with van der Waals surface area (Å²) in [4.78, 5) is 16.9. The lowest BCUT2D eigenvalue weighted by atomic mass is 10.2. The molecule has 0 saturated heterocycles. The van der Waals surface area contributed by atoms with Gasteiger partial charge in [-0.25, -0.2) is 5.48 Å². The highest BCUT2D eigenvalue weighted by Crippen LogP contribution is 2.30. The predicted octanol–water partition coefficient (Wildman–Crippen LogP) is 1.78. The van der Waals surface area contributed by atoms with Gasteiger partial charge < -0.3 is 9.47 Å². The number of hydroxylamine groups is 1. The van der Waals surface area contributed by atoms with Crippen molar-refractivity contribution in [3.63, 3.8) is 0 Å². The second-order valence-electron chi connectivity index (χ2n) is 4.49. The highest BCUT2D eigenvalue weighted by Gasteiger charge is 2.14. The van der Waals surface area contributed by atoms with Crippen molar-refractivity contribution in [1.29, 1.82) is 0 Å². The smallest absolute Gasteiger partial charge is 0.274 e. The van der Waals surface area contributed by atoms with Crippen LogP contribution in [0.25, 0.3) is 0 Å². The molecule has 1 aliphatic rings. The molecule has 1 aliphatic heterocycles. The molecule has 0 bridgehead atoms. The number of benzene rings is 1. The number of hydrogen-bond donors (Lipinski definition) is 1. The van der Waals surface area contributed by atoms with Gasteiger partial charge in [-0.3, -0.25) is 9.63 Å². The van der Waals surface area contributed by atoms with Gasteiger partial charge in [-0.2, -0.15) is 0 Å². The zero-order valence-corrected chi connectivity index (χ0v) is 10.6. The van der Waals surface area contributed by atoms with Crippen LogP contribution in [-0.2, 0) is 4.84 Å². The number of amides is 1. The van der Waals surface area contributed by atoms with E-state index in [0.717, 1.165) is 0 Å². The van der Waals surface area contributed by atoms with E-state index in [9.17, 15) is 4.79 Å². The predicted molar refractivity (Wildman–Crippen MR) is 65.7 cm³/mol. The van der Waals surface area contributed by atoms with Crippen molar-refractivity contribution >= 4 is 5.91 Å². The maximum absolute atomic E-state index is 11.8. The summed E-state index contributed by atoms with van der Waals surface area (Å²) in [6.45, 7) is 5.54. The molecular weight excluding hydrogens is 234 g/mol. The Morgan fingerprint density at radius 1 is 1.33 bits per heavy atom. The number of hydrogen-bond acceptors (Lipinski definition) is 4. The van der Waals surface area contributed by atoms with Gasteiger partial charge in [-0.05, 0) is 24.1 Å². The molecule has 1 N–H and O–H groups in total. The molecule has 0 aliphatic carbocycles. The maximum atomic E-state index is 11.8. The highest BCUT2D eigenvalue weighted by atomic mass is 16.7. The van der Waals surface area contributed by atoms with Crippen LogP contribution in [0.4, 0.5) is 0 Å². The summed E-state index contributed by atoms with van der Waals surface area (Å²) in [5.74, 6) is 1.34. The fourth-order valence-corrected chi connectivity index (χ4v) is 1.52. The molecule has 1 aromatic rings. The normalized spacial score (nSPS) is 13.5. The van der Waals surface area contributed by atoms with Gasteiger partial charge >= 0.3 is 0 Å².